The summed E-state index contributed by atoms with van der Waals surface area (Å²) in [4.78, 5) is 17.7. The van der Waals surface area contributed by atoms with Crippen molar-refractivity contribution in [2.24, 2.45) is 0 Å². The first-order valence-corrected chi connectivity index (χ1v) is 7.81. The van der Waals surface area contributed by atoms with Gasteiger partial charge in [0.1, 0.15) is 11.4 Å². The first-order valence-electron chi connectivity index (χ1n) is 6.93. The Morgan fingerprint density at radius 1 is 1.29 bits per heavy atom. The van der Waals surface area contributed by atoms with Crippen molar-refractivity contribution in [3.05, 3.63) is 30.6 Å². The average Bonchev–Trinajstić information content (AvgIpc) is 2.48. The fourth-order valence-corrected chi connectivity index (χ4v) is 3.34. The molecule has 112 valence electrons. The van der Waals surface area contributed by atoms with Crippen molar-refractivity contribution >= 4 is 28.6 Å². The van der Waals surface area contributed by atoms with Crippen LogP contribution in [0, 0.1) is 0 Å². The van der Waals surface area contributed by atoms with Crippen LogP contribution in [0.15, 0.2) is 35.6 Å². The lowest BCUT2D eigenvalue weighted by Crippen LogP contribution is -2.29. The molecule has 0 bridgehead atoms. The number of rotatable bonds is 2. The number of nitrogens with zero attached hydrogens (tertiary/aromatic N) is 2. The monoisotopic (exact) mass is 305 g/mol. The molecule has 0 aliphatic carbocycles. The molecule has 3 rings (SSSR count). The summed E-state index contributed by atoms with van der Waals surface area (Å²) in [6.07, 6.45) is 4.12. The van der Waals surface area contributed by atoms with E-state index < -0.39 is 5.97 Å². The number of fused-ring (bicyclic) bond motifs is 1. The highest BCUT2D eigenvalue weighted by Gasteiger charge is 2.16. The van der Waals surface area contributed by atoms with Crippen LogP contribution in [0.2, 0.25) is 0 Å². The number of hydrogen-bond acceptors (Lipinski definition) is 5. The highest BCUT2D eigenvalue weighted by atomic mass is 32.2. The fraction of sp³-hybridized carbons (Fsp3) is 0.400. The van der Waals surface area contributed by atoms with Crippen LogP contribution < -0.4 is 5.32 Å². The van der Waals surface area contributed by atoms with E-state index in [0.29, 0.717) is 5.25 Å². The van der Waals surface area contributed by atoms with Crippen LogP contribution in [-0.2, 0) is 4.79 Å². The molecule has 0 spiro atoms. The maximum absolute atomic E-state index is 9.00. The van der Waals surface area contributed by atoms with Crippen LogP contribution in [-0.4, -0.2) is 39.4 Å². The zero-order valence-electron chi connectivity index (χ0n) is 12.0. The van der Waals surface area contributed by atoms with Gasteiger partial charge in [-0.25, -0.2) is 9.97 Å². The van der Waals surface area contributed by atoms with Crippen molar-refractivity contribution in [1.29, 1.82) is 0 Å². The Hall–Kier alpha value is -1.66. The summed E-state index contributed by atoms with van der Waals surface area (Å²) < 4.78 is 0. The maximum atomic E-state index is 9.00. The summed E-state index contributed by atoms with van der Waals surface area (Å²) in [6.45, 7) is 3.33. The molecule has 1 aliphatic rings. The van der Waals surface area contributed by atoms with Gasteiger partial charge in [0.05, 0.1) is 5.52 Å². The molecule has 1 saturated heterocycles. The van der Waals surface area contributed by atoms with Crippen molar-refractivity contribution in [2.75, 3.05) is 13.1 Å². The summed E-state index contributed by atoms with van der Waals surface area (Å²) in [5.74, 6) is -0.833. The summed E-state index contributed by atoms with van der Waals surface area (Å²) in [6, 6.07) is 8.23. The van der Waals surface area contributed by atoms with Gasteiger partial charge in [-0.15, -0.1) is 11.8 Å². The Kier molecular flexibility index (Phi) is 5.95. The topological polar surface area (TPSA) is 75.1 Å². The van der Waals surface area contributed by atoms with Gasteiger partial charge in [-0.1, -0.05) is 18.2 Å². The van der Waals surface area contributed by atoms with E-state index in [4.69, 9.17) is 9.90 Å². The van der Waals surface area contributed by atoms with Crippen molar-refractivity contribution in [1.82, 2.24) is 15.3 Å². The number of benzene rings is 1. The first-order chi connectivity index (χ1) is 10.2. The number of aliphatic carboxylic acids is 1. The summed E-state index contributed by atoms with van der Waals surface area (Å²) in [5.41, 5.74) is 1.04. The molecule has 2 heterocycles. The Morgan fingerprint density at radius 2 is 1.95 bits per heavy atom. The Bertz CT molecular complexity index is 591. The van der Waals surface area contributed by atoms with Crippen LogP contribution in [0.3, 0.4) is 0 Å². The van der Waals surface area contributed by atoms with Gasteiger partial charge < -0.3 is 10.4 Å². The third-order valence-electron chi connectivity index (χ3n) is 3.07. The third kappa shape index (κ3) is 4.99. The van der Waals surface area contributed by atoms with Crippen LogP contribution in [0.5, 0.6) is 0 Å². The lowest BCUT2D eigenvalue weighted by atomic mass is 10.2. The average molecular weight is 305 g/mol. The second-order valence-electron chi connectivity index (χ2n) is 4.78. The lowest BCUT2D eigenvalue weighted by Gasteiger charge is -2.21. The van der Waals surface area contributed by atoms with E-state index in [2.05, 4.69) is 27.4 Å². The zero-order chi connectivity index (χ0) is 15.1. The number of aromatic nitrogens is 2. The molecule has 1 fully saturated rings. The molecular formula is C15H19N3O2S. The number of hydrogen-bond donors (Lipinski definition) is 2. The highest BCUT2D eigenvalue weighted by molar-refractivity contribution is 8.00. The van der Waals surface area contributed by atoms with Gasteiger partial charge in [0.2, 0.25) is 0 Å². The molecule has 6 heteroatoms. The van der Waals surface area contributed by atoms with Gasteiger partial charge in [-0.05, 0) is 32.0 Å². The normalized spacial score (nSPS) is 15.3. The molecule has 0 atom stereocenters. The molecular weight excluding hydrogens is 286 g/mol. The van der Waals surface area contributed by atoms with Crippen LogP contribution in [0.1, 0.15) is 19.8 Å². The number of carboxylic acids is 1. The Balaban J connectivity index is 0.000000361. The molecule has 0 saturated carbocycles. The molecule has 5 nitrogen and oxygen atoms in total. The number of thioether (sulfide) groups is 1. The minimum absolute atomic E-state index is 0.689. The van der Waals surface area contributed by atoms with Gasteiger partial charge in [0.15, 0.2) is 0 Å². The summed E-state index contributed by atoms with van der Waals surface area (Å²) in [5, 5.41) is 13.8. The van der Waals surface area contributed by atoms with E-state index in [1.165, 1.54) is 18.2 Å². The molecule has 2 N–H and O–H groups in total. The number of carbonyl (C=O) groups is 1. The van der Waals surface area contributed by atoms with E-state index in [-0.39, 0.29) is 0 Å². The van der Waals surface area contributed by atoms with Crippen LogP contribution in [0.4, 0.5) is 0 Å². The van der Waals surface area contributed by atoms with E-state index in [1.54, 1.807) is 6.33 Å². The SMILES string of the molecule is CC(=O)O.c1ccc2c(SC3CCNCC3)ncnc2c1. The zero-order valence-corrected chi connectivity index (χ0v) is 12.8. The Morgan fingerprint density at radius 3 is 2.67 bits per heavy atom. The third-order valence-corrected chi connectivity index (χ3v) is 4.42. The predicted octanol–water partition coefficient (Wildman–Crippen LogP) is 2.56. The minimum atomic E-state index is -0.833. The number of carboxylic acid groups (broad SMARTS) is 1. The second-order valence-corrected chi connectivity index (χ2v) is 6.07. The van der Waals surface area contributed by atoms with Gasteiger partial charge in [0.25, 0.3) is 5.97 Å². The largest absolute Gasteiger partial charge is 0.481 e. The molecule has 0 unspecified atom stereocenters. The standard InChI is InChI=1S/C13H15N3S.C2H4O2/c1-2-4-12-11(3-1)13(16-9-15-12)17-10-5-7-14-8-6-10;1-2(3)4/h1-4,9-10,14H,5-8H2;1H3,(H,3,4). The molecule has 2 aromatic rings. The van der Waals surface area contributed by atoms with Crippen molar-refractivity contribution < 1.29 is 9.90 Å². The van der Waals surface area contributed by atoms with E-state index in [9.17, 15) is 0 Å². The van der Waals surface area contributed by atoms with Crippen LogP contribution in [0.25, 0.3) is 10.9 Å². The number of piperidine rings is 1. The predicted molar refractivity (Wildman–Crippen MR) is 84.6 cm³/mol. The van der Waals surface area contributed by atoms with E-state index >= 15 is 0 Å². The summed E-state index contributed by atoms with van der Waals surface area (Å²) >= 11 is 1.90. The van der Waals surface area contributed by atoms with Gasteiger partial charge >= 0.3 is 0 Å². The second kappa shape index (κ2) is 7.95. The highest BCUT2D eigenvalue weighted by Crippen LogP contribution is 2.31. The smallest absolute Gasteiger partial charge is 0.300 e. The lowest BCUT2D eigenvalue weighted by molar-refractivity contribution is -0.134. The van der Waals surface area contributed by atoms with Crippen molar-refractivity contribution in [3.8, 4) is 0 Å². The summed E-state index contributed by atoms with van der Waals surface area (Å²) in [7, 11) is 0. The molecule has 1 aliphatic heterocycles. The van der Waals surface area contributed by atoms with Gasteiger partial charge in [-0.2, -0.15) is 0 Å². The van der Waals surface area contributed by atoms with E-state index in [0.717, 1.165) is 30.6 Å². The van der Waals surface area contributed by atoms with E-state index in [1.807, 2.05) is 23.9 Å². The first kappa shape index (κ1) is 15.7. The molecule has 1 aromatic heterocycles. The number of para-hydroxylation sites is 1. The quantitative estimate of drug-likeness (QED) is 0.831. The molecule has 0 amide bonds. The fourth-order valence-electron chi connectivity index (χ4n) is 2.15. The minimum Gasteiger partial charge on any atom is -0.481 e. The molecule has 1 aromatic carbocycles. The van der Waals surface area contributed by atoms with Gasteiger partial charge in [0, 0.05) is 17.6 Å². The number of nitrogens with one attached hydrogen (secondary N) is 1. The maximum Gasteiger partial charge on any atom is 0.300 e. The Labute approximate surface area is 128 Å². The van der Waals surface area contributed by atoms with Crippen LogP contribution >= 0.6 is 11.8 Å². The van der Waals surface area contributed by atoms with Crippen molar-refractivity contribution in [3.63, 3.8) is 0 Å². The molecule has 0 radical (unpaired) electrons. The van der Waals surface area contributed by atoms with Gasteiger partial charge in [-0.3, -0.25) is 4.79 Å². The van der Waals surface area contributed by atoms with Crippen molar-refractivity contribution in [2.45, 2.75) is 30.0 Å². The molecule has 21 heavy (non-hydrogen) atoms.